The van der Waals surface area contributed by atoms with Gasteiger partial charge in [0.25, 0.3) is 0 Å². The molecule has 3 aromatic rings. The highest BCUT2D eigenvalue weighted by atomic mass is 35.5. The Morgan fingerprint density at radius 1 is 1.24 bits per heavy atom. The van der Waals surface area contributed by atoms with Crippen molar-refractivity contribution in [2.24, 2.45) is 0 Å². The average molecular weight is 305 g/mol. The Kier molecular flexibility index (Phi) is 2.99. The van der Waals surface area contributed by atoms with E-state index in [0.717, 1.165) is 11.0 Å². The number of ether oxygens (including phenoxy) is 2. The van der Waals surface area contributed by atoms with Crippen molar-refractivity contribution < 1.29 is 13.9 Å². The quantitative estimate of drug-likeness (QED) is 0.745. The predicted octanol–water partition coefficient (Wildman–Crippen LogP) is 3.18. The second-order valence-corrected chi connectivity index (χ2v) is 5.41. The van der Waals surface area contributed by atoms with Gasteiger partial charge in [-0.05, 0) is 24.3 Å². The molecule has 0 radical (unpaired) electrons. The van der Waals surface area contributed by atoms with Gasteiger partial charge in [0.05, 0.1) is 26.1 Å². The maximum absolute atomic E-state index is 6.02. The molecular formula is C15H13ClN2O3. The maximum Gasteiger partial charge on any atom is 0.247 e. The largest absolute Gasteiger partial charge is 0.455 e. The lowest BCUT2D eigenvalue weighted by Crippen LogP contribution is -2.32. The van der Waals surface area contributed by atoms with Crippen LogP contribution in [0.3, 0.4) is 0 Å². The van der Waals surface area contributed by atoms with E-state index >= 15 is 0 Å². The van der Waals surface area contributed by atoms with E-state index in [-0.39, 0.29) is 0 Å². The van der Waals surface area contributed by atoms with Crippen LogP contribution < -0.4 is 0 Å². The molecule has 2 aromatic heterocycles. The zero-order chi connectivity index (χ0) is 14.3. The van der Waals surface area contributed by atoms with Crippen molar-refractivity contribution in [2.75, 3.05) is 13.2 Å². The summed E-state index contributed by atoms with van der Waals surface area (Å²) in [5.41, 5.74) is 0.763. The lowest BCUT2D eigenvalue weighted by molar-refractivity contribution is -0.187. The summed E-state index contributed by atoms with van der Waals surface area (Å²) in [6.45, 7) is 1.56. The van der Waals surface area contributed by atoms with E-state index in [4.69, 9.17) is 25.5 Å². The monoisotopic (exact) mass is 304 g/mol. The lowest BCUT2D eigenvalue weighted by atomic mass is 10.2. The third-order valence-corrected chi connectivity index (χ3v) is 3.79. The summed E-state index contributed by atoms with van der Waals surface area (Å²) in [7, 11) is 0. The Labute approximate surface area is 126 Å². The van der Waals surface area contributed by atoms with E-state index < -0.39 is 5.79 Å². The first kappa shape index (κ1) is 12.9. The van der Waals surface area contributed by atoms with Gasteiger partial charge in [-0.15, -0.1) is 0 Å². The molecule has 21 heavy (non-hydrogen) atoms. The molecule has 1 fully saturated rings. The molecule has 0 saturated carbocycles. The van der Waals surface area contributed by atoms with Crippen LogP contribution >= 0.6 is 11.6 Å². The van der Waals surface area contributed by atoms with Crippen LogP contribution in [0.5, 0.6) is 0 Å². The molecule has 0 atom stereocenters. The Hall–Kier alpha value is -1.82. The van der Waals surface area contributed by atoms with Gasteiger partial charge in [0.2, 0.25) is 5.79 Å². The molecule has 6 heteroatoms. The molecule has 0 aliphatic carbocycles. The molecule has 0 bridgehead atoms. The minimum atomic E-state index is -0.911. The summed E-state index contributed by atoms with van der Waals surface area (Å²) in [6.07, 6.45) is 5.32. The van der Waals surface area contributed by atoms with Crippen LogP contribution in [0.1, 0.15) is 5.76 Å². The minimum absolute atomic E-state index is 0.487. The Balaban J connectivity index is 1.78. The van der Waals surface area contributed by atoms with Crippen LogP contribution in [-0.4, -0.2) is 22.8 Å². The number of hydrogen-bond donors (Lipinski definition) is 0. The van der Waals surface area contributed by atoms with E-state index in [9.17, 15) is 0 Å². The van der Waals surface area contributed by atoms with Gasteiger partial charge in [0, 0.05) is 22.8 Å². The van der Waals surface area contributed by atoms with Gasteiger partial charge in [-0.3, -0.25) is 0 Å². The number of halogens is 1. The van der Waals surface area contributed by atoms with Crippen LogP contribution in [-0.2, 0) is 21.8 Å². The standard InChI is InChI=1S/C15H13ClN2O3/c16-12-1-2-13-11(7-12)8-14(21-13)15(19-5-6-20-15)9-18-4-3-17-10-18/h1-4,7-8,10H,5-6,9H2. The molecule has 4 rings (SSSR count). The third-order valence-electron chi connectivity index (χ3n) is 3.56. The lowest BCUT2D eigenvalue weighted by Gasteiger charge is -2.25. The fraction of sp³-hybridized carbons (Fsp3) is 0.267. The number of hydrogen-bond acceptors (Lipinski definition) is 4. The first-order valence-electron chi connectivity index (χ1n) is 6.68. The summed E-state index contributed by atoms with van der Waals surface area (Å²) in [5, 5.41) is 1.60. The van der Waals surface area contributed by atoms with E-state index in [0.29, 0.717) is 30.5 Å². The molecule has 0 spiro atoms. The number of imidazole rings is 1. The van der Waals surface area contributed by atoms with Crippen molar-refractivity contribution in [2.45, 2.75) is 12.3 Å². The molecule has 1 saturated heterocycles. The van der Waals surface area contributed by atoms with Gasteiger partial charge in [-0.25, -0.2) is 4.98 Å². The van der Waals surface area contributed by atoms with Gasteiger partial charge in [-0.2, -0.15) is 0 Å². The smallest absolute Gasteiger partial charge is 0.247 e. The van der Waals surface area contributed by atoms with Crippen molar-refractivity contribution in [1.82, 2.24) is 9.55 Å². The Morgan fingerprint density at radius 3 is 2.86 bits per heavy atom. The average Bonchev–Trinajstić information content (AvgIpc) is 3.18. The number of aromatic nitrogens is 2. The van der Waals surface area contributed by atoms with Gasteiger partial charge in [0.15, 0.2) is 5.76 Å². The first-order valence-corrected chi connectivity index (χ1v) is 7.06. The van der Waals surface area contributed by atoms with E-state index in [1.807, 2.05) is 29.0 Å². The Bertz CT molecular complexity index is 760. The number of fused-ring (bicyclic) bond motifs is 1. The number of nitrogens with zero attached hydrogens (tertiary/aromatic N) is 2. The van der Waals surface area contributed by atoms with Gasteiger partial charge in [0.1, 0.15) is 5.58 Å². The maximum atomic E-state index is 6.02. The zero-order valence-electron chi connectivity index (χ0n) is 11.2. The second-order valence-electron chi connectivity index (χ2n) is 4.98. The van der Waals surface area contributed by atoms with Crippen molar-refractivity contribution >= 4 is 22.6 Å². The van der Waals surface area contributed by atoms with Crippen LogP contribution in [0.15, 0.2) is 47.4 Å². The third kappa shape index (κ3) is 2.23. The van der Waals surface area contributed by atoms with Crippen LogP contribution in [0.25, 0.3) is 11.0 Å². The summed E-state index contributed by atoms with van der Waals surface area (Å²) in [6, 6.07) is 7.43. The molecule has 1 aromatic carbocycles. The molecule has 1 aliphatic heterocycles. The van der Waals surface area contributed by atoms with Gasteiger partial charge >= 0.3 is 0 Å². The number of rotatable bonds is 3. The fourth-order valence-electron chi connectivity index (χ4n) is 2.59. The molecular weight excluding hydrogens is 292 g/mol. The van der Waals surface area contributed by atoms with Gasteiger partial charge in [-0.1, -0.05) is 11.6 Å². The molecule has 0 unspecified atom stereocenters. The highest BCUT2D eigenvalue weighted by Crippen LogP contribution is 2.37. The topological polar surface area (TPSA) is 49.4 Å². The second kappa shape index (κ2) is 4.87. The van der Waals surface area contributed by atoms with Crippen LogP contribution in [0.4, 0.5) is 0 Å². The SMILES string of the molecule is Clc1ccc2oc(C3(Cn4ccnc4)OCCO3)cc2c1. The molecule has 1 aliphatic rings. The molecule has 3 heterocycles. The van der Waals surface area contributed by atoms with E-state index in [1.54, 1.807) is 18.6 Å². The molecule has 5 nitrogen and oxygen atoms in total. The van der Waals surface area contributed by atoms with Crippen LogP contribution in [0.2, 0.25) is 5.02 Å². The zero-order valence-corrected chi connectivity index (χ0v) is 11.9. The molecule has 0 amide bonds. The highest BCUT2D eigenvalue weighted by Gasteiger charge is 2.42. The summed E-state index contributed by atoms with van der Waals surface area (Å²) in [4.78, 5) is 4.05. The van der Waals surface area contributed by atoms with Gasteiger partial charge < -0.3 is 18.5 Å². The normalized spacial score (nSPS) is 17.6. The van der Waals surface area contributed by atoms with E-state index in [1.165, 1.54) is 0 Å². The summed E-state index contributed by atoms with van der Waals surface area (Å²) < 4.78 is 19.5. The highest BCUT2D eigenvalue weighted by molar-refractivity contribution is 6.31. The van der Waals surface area contributed by atoms with Crippen LogP contribution in [0, 0.1) is 0 Å². The predicted molar refractivity (Wildman–Crippen MR) is 77.0 cm³/mol. The number of benzene rings is 1. The molecule has 0 N–H and O–H groups in total. The van der Waals surface area contributed by atoms with Crippen molar-refractivity contribution in [3.05, 3.63) is 53.8 Å². The minimum Gasteiger partial charge on any atom is -0.455 e. The number of furan rings is 1. The Morgan fingerprint density at radius 2 is 2.10 bits per heavy atom. The van der Waals surface area contributed by atoms with Crippen molar-refractivity contribution in [1.29, 1.82) is 0 Å². The van der Waals surface area contributed by atoms with Crippen molar-refractivity contribution in [3.63, 3.8) is 0 Å². The first-order chi connectivity index (χ1) is 10.3. The fourth-order valence-corrected chi connectivity index (χ4v) is 2.77. The summed E-state index contributed by atoms with van der Waals surface area (Å²) >= 11 is 6.02. The summed E-state index contributed by atoms with van der Waals surface area (Å²) in [5.74, 6) is -0.266. The van der Waals surface area contributed by atoms with E-state index in [2.05, 4.69) is 4.98 Å². The molecule has 108 valence electrons. The van der Waals surface area contributed by atoms with Crippen molar-refractivity contribution in [3.8, 4) is 0 Å².